The molecule has 1 saturated heterocycles. The van der Waals surface area contributed by atoms with Crippen molar-refractivity contribution in [2.45, 2.75) is 6.04 Å². The molecule has 0 saturated carbocycles. The molecule has 9 heteroatoms. The topological polar surface area (TPSA) is 115 Å². The van der Waals surface area contributed by atoms with Gasteiger partial charge in [0.25, 0.3) is 0 Å². The number of hydrogen-bond acceptors (Lipinski definition) is 7. The highest BCUT2D eigenvalue weighted by Crippen LogP contribution is 2.29. The number of carbonyl (C=O) groups excluding carboxylic acids is 1. The first kappa shape index (κ1) is 18.7. The van der Waals surface area contributed by atoms with E-state index in [-0.39, 0.29) is 11.9 Å². The number of carbonyl (C=O) groups is 1. The molecule has 9 nitrogen and oxygen atoms in total. The van der Waals surface area contributed by atoms with Crippen LogP contribution in [0.3, 0.4) is 0 Å². The van der Waals surface area contributed by atoms with Crippen LogP contribution in [0.2, 0.25) is 0 Å². The molecule has 29 heavy (non-hydrogen) atoms. The van der Waals surface area contributed by atoms with Gasteiger partial charge in [-0.1, -0.05) is 6.07 Å². The number of rotatable bonds is 4. The number of aliphatic imine (C=N–C) groups is 2. The number of nitrogens with two attached hydrogens (primary N) is 1. The zero-order chi connectivity index (χ0) is 20.4. The molecule has 0 bridgehead atoms. The summed E-state index contributed by atoms with van der Waals surface area (Å²) in [5.41, 5.74) is 9.30. The lowest BCUT2D eigenvalue weighted by Gasteiger charge is -2.35. The Hall–Kier alpha value is -3.62. The average molecular weight is 392 g/mol. The number of fused-ring (bicyclic) bond motifs is 1. The zero-order valence-electron chi connectivity index (χ0n) is 16.5. The van der Waals surface area contributed by atoms with Gasteiger partial charge in [0, 0.05) is 50.6 Å². The molecule has 0 aliphatic carbocycles. The van der Waals surface area contributed by atoms with Crippen molar-refractivity contribution in [3.8, 4) is 0 Å². The Labute approximate surface area is 168 Å². The van der Waals surface area contributed by atoms with Crippen molar-refractivity contribution in [2.24, 2.45) is 15.7 Å². The van der Waals surface area contributed by atoms with E-state index in [0.29, 0.717) is 13.1 Å². The molecular weight excluding hydrogens is 368 g/mol. The van der Waals surface area contributed by atoms with E-state index in [1.165, 1.54) is 0 Å². The number of benzene rings is 1. The number of H-pyrrole nitrogens is 1. The summed E-state index contributed by atoms with van der Waals surface area (Å²) >= 11 is 0. The smallest absolute Gasteiger partial charge is 0.241 e. The fraction of sp³-hybridized carbons (Fsp3) is 0.300. The van der Waals surface area contributed by atoms with Crippen LogP contribution in [0.5, 0.6) is 0 Å². The van der Waals surface area contributed by atoms with Gasteiger partial charge >= 0.3 is 0 Å². The lowest BCUT2D eigenvalue weighted by molar-refractivity contribution is -0.133. The first-order valence-electron chi connectivity index (χ1n) is 9.42. The molecule has 0 radical (unpaired) electrons. The van der Waals surface area contributed by atoms with Crippen molar-refractivity contribution in [3.05, 3.63) is 47.6 Å². The number of piperazine rings is 1. The van der Waals surface area contributed by atoms with Crippen LogP contribution >= 0.6 is 0 Å². The van der Waals surface area contributed by atoms with E-state index in [9.17, 15) is 4.79 Å². The Kier molecular flexibility index (Phi) is 5.03. The average Bonchev–Trinajstić information content (AvgIpc) is 3.17. The highest BCUT2D eigenvalue weighted by molar-refractivity contribution is 6.10. The Balaban J connectivity index is 1.67. The molecule has 2 aliphatic heterocycles. The molecule has 0 spiro atoms. The van der Waals surface area contributed by atoms with Crippen molar-refractivity contribution >= 4 is 34.9 Å². The van der Waals surface area contributed by atoms with E-state index in [1.807, 2.05) is 36.2 Å². The Morgan fingerprint density at radius 3 is 3.00 bits per heavy atom. The van der Waals surface area contributed by atoms with Gasteiger partial charge in [-0.15, -0.1) is 0 Å². The monoisotopic (exact) mass is 392 g/mol. The minimum Gasteiger partial charge on any atom is -0.404 e. The molecule has 4 rings (SSSR count). The third-order valence-corrected chi connectivity index (χ3v) is 5.22. The van der Waals surface area contributed by atoms with Crippen molar-refractivity contribution in [1.29, 1.82) is 0 Å². The minimum atomic E-state index is -0.230. The van der Waals surface area contributed by atoms with Crippen LogP contribution in [0.15, 0.2) is 46.3 Å². The molecule has 1 unspecified atom stereocenters. The molecule has 2 aromatic rings. The van der Waals surface area contributed by atoms with Gasteiger partial charge in [0.15, 0.2) is 0 Å². The summed E-state index contributed by atoms with van der Waals surface area (Å²) in [6.45, 7) is 1.82. The molecule has 1 aromatic heterocycles. The second-order valence-electron chi connectivity index (χ2n) is 7.03. The van der Waals surface area contributed by atoms with Gasteiger partial charge in [0.2, 0.25) is 5.91 Å². The quantitative estimate of drug-likeness (QED) is 0.668. The van der Waals surface area contributed by atoms with Crippen LogP contribution in [-0.2, 0) is 4.79 Å². The van der Waals surface area contributed by atoms with Crippen molar-refractivity contribution < 1.29 is 4.79 Å². The van der Waals surface area contributed by atoms with E-state index in [2.05, 4.69) is 25.5 Å². The van der Waals surface area contributed by atoms with E-state index in [1.54, 1.807) is 30.7 Å². The van der Waals surface area contributed by atoms with Gasteiger partial charge in [-0.25, -0.2) is 0 Å². The number of nitrogens with zero attached hydrogens (tertiary/aromatic N) is 5. The van der Waals surface area contributed by atoms with Crippen molar-refractivity contribution in [3.63, 3.8) is 0 Å². The van der Waals surface area contributed by atoms with Gasteiger partial charge in [-0.05, 0) is 23.8 Å². The summed E-state index contributed by atoms with van der Waals surface area (Å²) in [7, 11) is 3.54. The molecule has 1 amide bonds. The molecule has 150 valence electrons. The van der Waals surface area contributed by atoms with Gasteiger partial charge in [0.1, 0.15) is 11.9 Å². The van der Waals surface area contributed by atoms with E-state index < -0.39 is 0 Å². The standard InChI is InChI=1S/C20H24N8O/c1-22-10-14(9-21)13-3-4-16-15(7-13)20(26-25-16)17-8-18(24-12-23-17)28-6-5-27(2)19(29)11-28/h3-4,7-10,12,17H,5-6,11,21H2,1-2H3,(H,23,24)(H,25,26). The lowest BCUT2D eigenvalue weighted by Crippen LogP contribution is -2.50. The van der Waals surface area contributed by atoms with E-state index >= 15 is 0 Å². The van der Waals surface area contributed by atoms with Crippen LogP contribution in [0.4, 0.5) is 0 Å². The first-order chi connectivity index (χ1) is 14.1. The summed E-state index contributed by atoms with van der Waals surface area (Å²) in [6.07, 6.45) is 6.96. The predicted molar refractivity (Wildman–Crippen MR) is 114 cm³/mol. The number of amides is 1. The van der Waals surface area contributed by atoms with Gasteiger partial charge in [-0.3, -0.25) is 19.9 Å². The highest BCUT2D eigenvalue weighted by Gasteiger charge is 2.25. The number of aromatic nitrogens is 2. The Morgan fingerprint density at radius 1 is 1.38 bits per heavy atom. The molecule has 2 aliphatic rings. The van der Waals surface area contributed by atoms with Crippen LogP contribution in [0, 0.1) is 0 Å². The molecule has 1 atom stereocenters. The van der Waals surface area contributed by atoms with Gasteiger partial charge in [0.05, 0.1) is 24.1 Å². The zero-order valence-corrected chi connectivity index (χ0v) is 16.5. The normalized spacial score (nSPS) is 20.5. The molecule has 4 N–H and O–H groups in total. The summed E-state index contributed by atoms with van der Waals surface area (Å²) in [4.78, 5) is 24.5. The predicted octanol–water partition coefficient (Wildman–Crippen LogP) is 0.851. The van der Waals surface area contributed by atoms with Crippen molar-refractivity contribution in [1.82, 2.24) is 25.3 Å². The number of likely N-dealkylation sites (N-methyl/N-ethyl adjacent to an activating group) is 1. The maximum Gasteiger partial charge on any atom is 0.241 e. The highest BCUT2D eigenvalue weighted by atomic mass is 16.2. The molecule has 3 heterocycles. The Bertz CT molecular complexity index is 1050. The van der Waals surface area contributed by atoms with Crippen LogP contribution in [0.1, 0.15) is 17.3 Å². The van der Waals surface area contributed by atoms with Crippen LogP contribution in [0.25, 0.3) is 16.5 Å². The fourth-order valence-electron chi connectivity index (χ4n) is 3.53. The largest absolute Gasteiger partial charge is 0.404 e. The Morgan fingerprint density at radius 2 is 2.24 bits per heavy atom. The van der Waals surface area contributed by atoms with Gasteiger partial charge in [-0.2, -0.15) is 5.10 Å². The van der Waals surface area contributed by atoms with Gasteiger partial charge < -0.3 is 20.9 Å². The fourth-order valence-corrected chi connectivity index (χ4v) is 3.53. The van der Waals surface area contributed by atoms with Crippen LogP contribution in [-0.4, -0.2) is 72.2 Å². The number of nitrogens with one attached hydrogen (secondary N) is 2. The third kappa shape index (κ3) is 3.58. The molecule has 1 aromatic carbocycles. The number of allylic oxidation sites excluding steroid dienone is 1. The van der Waals surface area contributed by atoms with E-state index in [0.717, 1.165) is 40.1 Å². The number of aromatic amines is 1. The number of hydrogen-bond donors (Lipinski definition) is 3. The summed E-state index contributed by atoms with van der Waals surface area (Å²) in [5, 5.41) is 11.7. The maximum absolute atomic E-state index is 12.1. The second kappa shape index (κ2) is 7.78. The summed E-state index contributed by atoms with van der Waals surface area (Å²) < 4.78 is 0. The van der Waals surface area contributed by atoms with E-state index in [4.69, 9.17) is 5.73 Å². The minimum absolute atomic E-state index is 0.105. The van der Waals surface area contributed by atoms with Crippen molar-refractivity contribution in [2.75, 3.05) is 33.7 Å². The SMILES string of the molecule is CN=CC(=CN)c1ccc2n[nH]c(C3C=C(N4CCN(C)C(=O)C4)NC=N3)c2c1. The summed E-state index contributed by atoms with van der Waals surface area (Å²) in [5.74, 6) is 0.986. The lowest BCUT2D eigenvalue weighted by atomic mass is 10.0. The molecular formula is C20H24N8O. The molecule has 1 fully saturated rings. The second-order valence-corrected chi connectivity index (χ2v) is 7.03. The summed E-state index contributed by atoms with van der Waals surface area (Å²) in [6, 6.07) is 5.73. The first-order valence-corrected chi connectivity index (χ1v) is 9.42. The third-order valence-electron chi connectivity index (χ3n) is 5.22. The maximum atomic E-state index is 12.1. The van der Waals surface area contributed by atoms with Crippen LogP contribution < -0.4 is 11.1 Å².